The Bertz CT molecular complexity index is 507. The van der Waals surface area contributed by atoms with Gasteiger partial charge in [0.1, 0.15) is 0 Å². The lowest BCUT2D eigenvalue weighted by atomic mass is 9.96. The summed E-state index contributed by atoms with van der Waals surface area (Å²) in [7, 11) is -3.14. The number of ether oxygens (including phenoxy) is 1. The molecule has 3 unspecified atom stereocenters. The molecule has 0 aromatic heterocycles. The van der Waals surface area contributed by atoms with Crippen LogP contribution >= 0.6 is 24.0 Å². The molecule has 0 spiro atoms. The fourth-order valence-corrected chi connectivity index (χ4v) is 2.97. The van der Waals surface area contributed by atoms with Crippen LogP contribution in [0.1, 0.15) is 40.0 Å². The fourth-order valence-electron chi connectivity index (χ4n) is 2.67. The highest BCUT2D eigenvalue weighted by molar-refractivity contribution is 14.0. The van der Waals surface area contributed by atoms with Crippen LogP contribution in [0.15, 0.2) is 4.99 Å². The smallest absolute Gasteiger partial charge is 0.191 e. The van der Waals surface area contributed by atoms with Crippen LogP contribution in [0.5, 0.6) is 0 Å². The highest BCUT2D eigenvalue weighted by Crippen LogP contribution is 2.34. The molecule has 130 valence electrons. The van der Waals surface area contributed by atoms with Gasteiger partial charge in [-0.05, 0) is 40.0 Å². The van der Waals surface area contributed by atoms with E-state index in [4.69, 9.17) is 4.74 Å². The maximum absolute atomic E-state index is 11.7. The largest absolute Gasteiger partial charge is 0.373 e. The number of halogens is 1. The molecular weight excluding hydrogens is 417 g/mol. The molecule has 0 aliphatic carbocycles. The third kappa shape index (κ3) is 4.70. The van der Waals surface area contributed by atoms with Crippen LogP contribution in [-0.2, 0) is 14.6 Å². The Morgan fingerprint density at radius 2 is 2.05 bits per heavy atom. The summed E-state index contributed by atoms with van der Waals surface area (Å²) in [6.45, 7) is 6.39. The van der Waals surface area contributed by atoms with Gasteiger partial charge in [-0.2, -0.15) is 0 Å². The first-order valence-corrected chi connectivity index (χ1v) is 9.52. The van der Waals surface area contributed by atoms with E-state index in [0.29, 0.717) is 12.1 Å². The van der Waals surface area contributed by atoms with Gasteiger partial charge in [0, 0.05) is 12.8 Å². The van der Waals surface area contributed by atoms with Gasteiger partial charge in [0.2, 0.25) is 0 Å². The molecule has 2 aliphatic heterocycles. The van der Waals surface area contributed by atoms with Crippen molar-refractivity contribution in [3.05, 3.63) is 0 Å². The molecule has 0 saturated carbocycles. The van der Waals surface area contributed by atoms with Crippen LogP contribution in [0.4, 0.5) is 0 Å². The molecule has 22 heavy (non-hydrogen) atoms. The lowest BCUT2D eigenvalue weighted by Crippen LogP contribution is -2.48. The molecule has 2 saturated heterocycles. The van der Waals surface area contributed by atoms with Gasteiger partial charge in [0.05, 0.1) is 29.5 Å². The Balaban J connectivity index is 0.00000242. The number of sulfone groups is 1. The molecule has 0 aromatic carbocycles. The first kappa shape index (κ1) is 20.0. The highest BCUT2D eigenvalue weighted by Gasteiger charge is 2.41. The molecule has 0 aromatic rings. The zero-order chi connectivity index (χ0) is 15.7. The first-order valence-electron chi connectivity index (χ1n) is 7.63. The van der Waals surface area contributed by atoms with E-state index in [1.165, 1.54) is 6.26 Å². The summed E-state index contributed by atoms with van der Waals surface area (Å²) in [5.41, 5.74) is 0. The second-order valence-corrected chi connectivity index (χ2v) is 9.24. The Morgan fingerprint density at radius 1 is 1.36 bits per heavy atom. The summed E-state index contributed by atoms with van der Waals surface area (Å²) in [4.78, 5) is 4.46. The van der Waals surface area contributed by atoms with E-state index < -0.39 is 14.6 Å². The molecule has 2 aliphatic rings. The summed E-state index contributed by atoms with van der Waals surface area (Å²) < 4.78 is 28.4. The number of rotatable bonds is 5. The first-order chi connectivity index (χ1) is 9.73. The predicted molar refractivity (Wildman–Crippen MR) is 99.8 cm³/mol. The molecular formula is C14H28IN3O3S. The number of guanidine groups is 1. The zero-order valence-corrected chi connectivity index (χ0v) is 16.9. The summed E-state index contributed by atoms with van der Waals surface area (Å²) in [6.07, 6.45) is 5.15. The normalized spacial score (nSPS) is 28.4. The van der Waals surface area contributed by atoms with Gasteiger partial charge in [-0.15, -0.1) is 24.0 Å². The Hall–Kier alpha value is -0.0900. The minimum atomic E-state index is -3.14. The van der Waals surface area contributed by atoms with Crippen molar-refractivity contribution in [2.24, 2.45) is 4.99 Å². The van der Waals surface area contributed by atoms with Gasteiger partial charge >= 0.3 is 0 Å². The summed E-state index contributed by atoms with van der Waals surface area (Å²) in [5.74, 6) is 0.676. The number of nitrogens with zero attached hydrogens (tertiary/aromatic N) is 1. The third-order valence-electron chi connectivity index (χ3n) is 4.39. The second kappa shape index (κ2) is 7.65. The Labute approximate surface area is 150 Å². The van der Waals surface area contributed by atoms with Crippen molar-refractivity contribution in [3.63, 3.8) is 0 Å². The highest BCUT2D eigenvalue weighted by atomic mass is 127. The van der Waals surface area contributed by atoms with Crippen molar-refractivity contribution in [1.29, 1.82) is 0 Å². The van der Waals surface area contributed by atoms with E-state index in [0.717, 1.165) is 25.8 Å². The quantitative estimate of drug-likeness (QED) is 0.379. The molecule has 2 rings (SSSR count). The van der Waals surface area contributed by atoms with Crippen molar-refractivity contribution >= 4 is 39.8 Å². The van der Waals surface area contributed by atoms with Gasteiger partial charge in [-0.1, -0.05) is 0 Å². The number of fused-ring (bicyclic) bond motifs is 2. The lowest BCUT2D eigenvalue weighted by molar-refractivity contribution is 0.0992. The van der Waals surface area contributed by atoms with Gasteiger partial charge in [0.25, 0.3) is 0 Å². The standard InChI is InChI=1S/C14H27N3O3S.HI/c1-5-15-13(16-9-14(2,3)21(4,18)19)17-11-8-10-6-7-12(11)20-10;/h10-12H,5-9H2,1-4H3,(H2,15,16,17);1H. The maximum atomic E-state index is 11.7. The maximum Gasteiger partial charge on any atom is 0.191 e. The van der Waals surface area contributed by atoms with Crippen LogP contribution < -0.4 is 10.6 Å². The third-order valence-corrected chi connectivity index (χ3v) is 6.53. The SMILES string of the molecule is CCNC(=NCC(C)(C)S(C)(=O)=O)NC1CC2CCC1O2.I. The van der Waals surface area contributed by atoms with Crippen LogP contribution in [0.25, 0.3) is 0 Å². The zero-order valence-electron chi connectivity index (χ0n) is 13.8. The van der Waals surface area contributed by atoms with E-state index in [9.17, 15) is 8.42 Å². The number of hydrogen-bond donors (Lipinski definition) is 2. The molecule has 6 nitrogen and oxygen atoms in total. The van der Waals surface area contributed by atoms with Crippen molar-refractivity contribution in [2.45, 2.75) is 63.0 Å². The topological polar surface area (TPSA) is 79.8 Å². The monoisotopic (exact) mass is 445 g/mol. The van der Waals surface area contributed by atoms with Gasteiger partial charge in [-0.3, -0.25) is 4.99 Å². The average molecular weight is 445 g/mol. The summed E-state index contributed by atoms with van der Waals surface area (Å²) in [6, 6.07) is 0.280. The van der Waals surface area contributed by atoms with E-state index in [1.54, 1.807) is 13.8 Å². The molecule has 2 fully saturated rings. The van der Waals surface area contributed by atoms with E-state index in [1.807, 2.05) is 6.92 Å². The Kier molecular flexibility index (Phi) is 6.94. The predicted octanol–water partition coefficient (Wildman–Crippen LogP) is 1.30. The van der Waals surface area contributed by atoms with Gasteiger partial charge in [0.15, 0.2) is 15.8 Å². The summed E-state index contributed by atoms with van der Waals surface area (Å²) >= 11 is 0. The number of nitrogens with one attached hydrogen (secondary N) is 2. The molecule has 2 N–H and O–H groups in total. The average Bonchev–Trinajstić information content (AvgIpc) is 2.97. The molecule has 2 heterocycles. The van der Waals surface area contributed by atoms with E-state index >= 15 is 0 Å². The molecule has 2 bridgehead atoms. The molecule has 0 amide bonds. The lowest BCUT2D eigenvalue weighted by Gasteiger charge is -2.24. The number of hydrogen-bond acceptors (Lipinski definition) is 4. The van der Waals surface area contributed by atoms with Crippen LogP contribution in [0, 0.1) is 0 Å². The van der Waals surface area contributed by atoms with Crippen LogP contribution in [-0.4, -0.2) is 56.7 Å². The van der Waals surface area contributed by atoms with Crippen molar-refractivity contribution in [3.8, 4) is 0 Å². The van der Waals surface area contributed by atoms with Gasteiger partial charge < -0.3 is 15.4 Å². The second-order valence-electron chi connectivity index (χ2n) is 6.59. The van der Waals surface area contributed by atoms with E-state index in [2.05, 4.69) is 15.6 Å². The molecule has 3 atom stereocenters. The van der Waals surface area contributed by atoms with Crippen LogP contribution in [0.3, 0.4) is 0 Å². The summed E-state index contributed by atoms with van der Waals surface area (Å²) in [5, 5.41) is 6.57. The number of aliphatic imine (C=N–C) groups is 1. The minimum absolute atomic E-state index is 0. The molecule has 0 radical (unpaired) electrons. The minimum Gasteiger partial charge on any atom is -0.373 e. The fraction of sp³-hybridized carbons (Fsp3) is 0.929. The van der Waals surface area contributed by atoms with E-state index in [-0.39, 0.29) is 42.7 Å². The van der Waals surface area contributed by atoms with Crippen molar-refractivity contribution in [1.82, 2.24) is 10.6 Å². The van der Waals surface area contributed by atoms with Crippen molar-refractivity contribution < 1.29 is 13.2 Å². The molecule has 8 heteroatoms. The van der Waals surface area contributed by atoms with Gasteiger partial charge in [-0.25, -0.2) is 8.42 Å². The van der Waals surface area contributed by atoms with Crippen LogP contribution in [0.2, 0.25) is 0 Å². The Morgan fingerprint density at radius 3 is 2.50 bits per heavy atom. The van der Waals surface area contributed by atoms with Crippen molar-refractivity contribution in [2.75, 3.05) is 19.3 Å².